The van der Waals surface area contributed by atoms with Crippen molar-refractivity contribution in [3.63, 3.8) is 0 Å². The minimum atomic E-state index is -0.171. The molecule has 0 N–H and O–H groups in total. The SMILES string of the molecule is Cc1ccc2ccccc2c1C(Cl)c1ccoc1. The van der Waals surface area contributed by atoms with Crippen LogP contribution in [0.25, 0.3) is 10.8 Å². The molecule has 1 atom stereocenters. The molecule has 1 nitrogen and oxygen atoms in total. The van der Waals surface area contributed by atoms with E-state index in [1.165, 1.54) is 16.3 Å². The van der Waals surface area contributed by atoms with Crippen LogP contribution in [-0.4, -0.2) is 0 Å². The van der Waals surface area contributed by atoms with Crippen LogP contribution >= 0.6 is 11.6 Å². The molecule has 1 heterocycles. The van der Waals surface area contributed by atoms with Crippen molar-refractivity contribution in [2.24, 2.45) is 0 Å². The predicted molar refractivity (Wildman–Crippen MR) is 75.1 cm³/mol. The number of hydrogen-bond acceptors (Lipinski definition) is 1. The third kappa shape index (κ3) is 1.81. The lowest BCUT2D eigenvalue weighted by Crippen LogP contribution is -1.96. The fraction of sp³-hybridized carbons (Fsp3) is 0.125. The number of aryl methyl sites for hydroxylation is 1. The Morgan fingerprint density at radius 1 is 1.06 bits per heavy atom. The number of rotatable bonds is 2. The number of hydrogen-bond donors (Lipinski definition) is 0. The van der Waals surface area contributed by atoms with Crippen molar-refractivity contribution in [2.45, 2.75) is 12.3 Å². The van der Waals surface area contributed by atoms with Crippen molar-refractivity contribution < 1.29 is 4.42 Å². The zero-order chi connectivity index (χ0) is 12.5. The maximum absolute atomic E-state index is 6.60. The summed E-state index contributed by atoms with van der Waals surface area (Å²) in [7, 11) is 0. The molecule has 0 fully saturated rings. The summed E-state index contributed by atoms with van der Waals surface area (Å²) >= 11 is 6.60. The minimum absolute atomic E-state index is 0.171. The Morgan fingerprint density at radius 2 is 1.89 bits per heavy atom. The second-order valence-corrected chi connectivity index (χ2v) is 4.87. The Kier molecular flexibility index (Phi) is 2.85. The summed E-state index contributed by atoms with van der Waals surface area (Å²) in [5, 5.41) is 2.25. The average molecular weight is 257 g/mol. The highest BCUT2D eigenvalue weighted by molar-refractivity contribution is 6.23. The fourth-order valence-electron chi connectivity index (χ4n) is 2.33. The fourth-order valence-corrected chi connectivity index (χ4v) is 2.74. The van der Waals surface area contributed by atoms with E-state index in [-0.39, 0.29) is 5.38 Å². The molecule has 0 spiro atoms. The summed E-state index contributed by atoms with van der Waals surface area (Å²) in [4.78, 5) is 0. The van der Waals surface area contributed by atoms with Gasteiger partial charge in [-0.2, -0.15) is 0 Å². The molecule has 0 aliphatic heterocycles. The van der Waals surface area contributed by atoms with Gasteiger partial charge in [-0.15, -0.1) is 11.6 Å². The topological polar surface area (TPSA) is 13.1 Å². The third-order valence-electron chi connectivity index (χ3n) is 3.28. The van der Waals surface area contributed by atoms with Gasteiger partial charge in [0.25, 0.3) is 0 Å². The number of alkyl halides is 1. The summed E-state index contributed by atoms with van der Waals surface area (Å²) in [6, 6.07) is 14.5. The van der Waals surface area contributed by atoms with Crippen LogP contribution in [0.15, 0.2) is 59.4 Å². The molecule has 0 amide bonds. The van der Waals surface area contributed by atoms with Crippen LogP contribution in [0.1, 0.15) is 22.1 Å². The molecule has 18 heavy (non-hydrogen) atoms. The summed E-state index contributed by atoms with van der Waals surface area (Å²) in [5.41, 5.74) is 3.36. The summed E-state index contributed by atoms with van der Waals surface area (Å²) in [6.07, 6.45) is 3.37. The zero-order valence-electron chi connectivity index (χ0n) is 10.1. The first-order valence-corrected chi connectivity index (χ1v) is 6.35. The summed E-state index contributed by atoms with van der Waals surface area (Å²) < 4.78 is 5.12. The van der Waals surface area contributed by atoms with E-state index in [0.29, 0.717) is 0 Å². The van der Waals surface area contributed by atoms with Gasteiger partial charge >= 0.3 is 0 Å². The quantitative estimate of drug-likeness (QED) is 0.584. The van der Waals surface area contributed by atoms with Gasteiger partial charge in [-0.25, -0.2) is 0 Å². The first-order valence-electron chi connectivity index (χ1n) is 5.92. The van der Waals surface area contributed by atoms with E-state index < -0.39 is 0 Å². The van der Waals surface area contributed by atoms with Gasteiger partial charge in [-0.05, 0) is 34.9 Å². The molecule has 0 aliphatic rings. The van der Waals surface area contributed by atoms with Crippen LogP contribution in [-0.2, 0) is 0 Å². The normalized spacial score (nSPS) is 12.8. The van der Waals surface area contributed by atoms with E-state index in [0.717, 1.165) is 11.1 Å². The Hall–Kier alpha value is -1.73. The predicted octanol–water partition coefficient (Wildman–Crippen LogP) is 5.07. The first-order chi connectivity index (χ1) is 8.77. The van der Waals surface area contributed by atoms with Crippen molar-refractivity contribution in [2.75, 3.05) is 0 Å². The Morgan fingerprint density at radius 3 is 2.67 bits per heavy atom. The van der Waals surface area contributed by atoms with Gasteiger partial charge < -0.3 is 4.42 Å². The molecule has 0 aliphatic carbocycles. The molecule has 90 valence electrons. The molecule has 3 rings (SSSR count). The number of furan rings is 1. The van der Waals surface area contributed by atoms with E-state index in [1.807, 2.05) is 18.2 Å². The Balaban J connectivity index is 2.24. The first kappa shape index (κ1) is 11.4. The van der Waals surface area contributed by atoms with Gasteiger partial charge in [-0.3, -0.25) is 0 Å². The lowest BCUT2D eigenvalue weighted by molar-refractivity contribution is 0.564. The maximum atomic E-state index is 6.60. The smallest absolute Gasteiger partial charge is 0.0952 e. The molecule has 3 aromatic rings. The van der Waals surface area contributed by atoms with Gasteiger partial charge in [0.15, 0.2) is 0 Å². The van der Waals surface area contributed by atoms with Gasteiger partial charge in [0.2, 0.25) is 0 Å². The molecule has 0 saturated carbocycles. The molecule has 1 aromatic heterocycles. The summed E-state index contributed by atoms with van der Waals surface area (Å²) in [5.74, 6) is 0. The largest absolute Gasteiger partial charge is 0.472 e. The molecule has 0 saturated heterocycles. The van der Waals surface area contributed by atoms with Crippen molar-refractivity contribution in [3.8, 4) is 0 Å². The van der Waals surface area contributed by atoms with Crippen molar-refractivity contribution in [3.05, 3.63) is 71.7 Å². The third-order valence-corrected chi connectivity index (χ3v) is 3.75. The Labute approximate surface area is 111 Å². The number of fused-ring (bicyclic) bond motifs is 1. The standard InChI is InChI=1S/C16H13ClO/c1-11-6-7-12-4-2-3-5-14(12)15(11)16(17)13-8-9-18-10-13/h2-10,16H,1H3. The highest BCUT2D eigenvalue weighted by atomic mass is 35.5. The highest BCUT2D eigenvalue weighted by Crippen LogP contribution is 2.36. The molecular formula is C16H13ClO. The van der Waals surface area contributed by atoms with Crippen LogP contribution in [0.2, 0.25) is 0 Å². The van der Waals surface area contributed by atoms with Gasteiger partial charge in [0.05, 0.1) is 17.9 Å². The molecule has 0 bridgehead atoms. The zero-order valence-corrected chi connectivity index (χ0v) is 10.8. The van der Waals surface area contributed by atoms with E-state index in [9.17, 15) is 0 Å². The van der Waals surface area contributed by atoms with Crippen molar-refractivity contribution in [1.29, 1.82) is 0 Å². The molecule has 2 heteroatoms. The van der Waals surface area contributed by atoms with Crippen LogP contribution in [0.5, 0.6) is 0 Å². The van der Waals surface area contributed by atoms with Gasteiger partial charge in [-0.1, -0.05) is 36.4 Å². The lowest BCUT2D eigenvalue weighted by Gasteiger charge is -2.14. The summed E-state index contributed by atoms with van der Waals surface area (Å²) in [6.45, 7) is 2.09. The van der Waals surface area contributed by atoms with Crippen molar-refractivity contribution >= 4 is 22.4 Å². The lowest BCUT2D eigenvalue weighted by atomic mass is 9.95. The molecule has 1 unspecified atom stereocenters. The maximum Gasteiger partial charge on any atom is 0.0952 e. The van der Waals surface area contributed by atoms with E-state index >= 15 is 0 Å². The van der Waals surface area contributed by atoms with E-state index in [1.54, 1.807) is 12.5 Å². The van der Waals surface area contributed by atoms with Crippen LogP contribution in [0.4, 0.5) is 0 Å². The molecule has 0 radical (unpaired) electrons. The van der Waals surface area contributed by atoms with Crippen LogP contribution < -0.4 is 0 Å². The second-order valence-electron chi connectivity index (χ2n) is 4.44. The monoisotopic (exact) mass is 256 g/mol. The minimum Gasteiger partial charge on any atom is -0.472 e. The van der Waals surface area contributed by atoms with Crippen LogP contribution in [0.3, 0.4) is 0 Å². The van der Waals surface area contributed by atoms with Crippen LogP contribution in [0, 0.1) is 6.92 Å². The van der Waals surface area contributed by atoms with E-state index in [2.05, 4.69) is 31.2 Å². The average Bonchev–Trinajstić information content (AvgIpc) is 2.92. The van der Waals surface area contributed by atoms with E-state index in [4.69, 9.17) is 16.0 Å². The number of halogens is 1. The second kappa shape index (κ2) is 4.51. The van der Waals surface area contributed by atoms with Gasteiger partial charge in [0, 0.05) is 5.56 Å². The molecule has 2 aromatic carbocycles. The molecular weight excluding hydrogens is 244 g/mol. The number of benzene rings is 2. The Bertz CT molecular complexity index is 671. The van der Waals surface area contributed by atoms with Crippen molar-refractivity contribution in [1.82, 2.24) is 0 Å². The highest BCUT2D eigenvalue weighted by Gasteiger charge is 2.17. The van der Waals surface area contributed by atoms with Gasteiger partial charge in [0.1, 0.15) is 0 Å².